The van der Waals surface area contributed by atoms with Gasteiger partial charge in [0, 0.05) is 36.0 Å². The molecule has 0 bridgehead atoms. The van der Waals surface area contributed by atoms with Crippen LogP contribution in [-0.4, -0.2) is 61.2 Å². The monoisotopic (exact) mass is 312 g/mol. The Kier molecular flexibility index (Phi) is 5.64. The van der Waals surface area contributed by atoms with E-state index in [2.05, 4.69) is 32.9 Å². The molecular formula is C14H20N2O2S2. The maximum Gasteiger partial charge on any atom is 0.0603 e. The molecule has 2 heterocycles. The van der Waals surface area contributed by atoms with Crippen molar-refractivity contribution in [1.82, 2.24) is 8.61 Å². The molecule has 0 aromatic heterocycles. The Morgan fingerprint density at radius 1 is 0.750 bits per heavy atom. The second-order valence-electron chi connectivity index (χ2n) is 4.74. The molecule has 0 spiro atoms. The van der Waals surface area contributed by atoms with Gasteiger partial charge in [-0.15, -0.1) is 0 Å². The van der Waals surface area contributed by atoms with Gasteiger partial charge in [-0.25, -0.2) is 8.61 Å². The summed E-state index contributed by atoms with van der Waals surface area (Å²) in [6, 6.07) is 8.79. The molecule has 3 rings (SSSR count). The predicted molar refractivity (Wildman–Crippen MR) is 82.9 cm³/mol. The standard InChI is InChI=1S/C14H20N2O2S2/c1-2-13(19-15-4-8-17-9-5-15)12-14(3-1)20-16-6-10-18-11-7-16/h1-3,12H,4-11H2. The first-order valence-corrected chi connectivity index (χ1v) is 8.56. The lowest BCUT2D eigenvalue weighted by molar-refractivity contribution is 0.0773. The van der Waals surface area contributed by atoms with E-state index >= 15 is 0 Å². The summed E-state index contributed by atoms with van der Waals surface area (Å²) in [7, 11) is 0. The molecular weight excluding hydrogens is 292 g/mol. The zero-order valence-corrected chi connectivity index (χ0v) is 13.1. The summed E-state index contributed by atoms with van der Waals surface area (Å²) in [5.74, 6) is 0. The Morgan fingerprint density at radius 2 is 1.20 bits per heavy atom. The number of hydrogen-bond donors (Lipinski definition) is 0. The van der Waals surface area contributed by atoms with E-state index in [1.807, 2.05) is 23.9 Å². The molecule has 0 N–H and O–H groups in total. The van der Waals surface area contributed by atoms with Gasteiger partial charge in [0.15, 0.2) is 0 Å². The SMILES string of the molecule is c1cc(SN2CCOCC2)cc(SN2CCOCC2)c1. The number of morpholine rings is 2. The zero-order chi connectivity index (χ0) is 13.6. The lowest BCUT2D eigenvalue weighted by atomic mass is 10.4. The number of ether oxygens (including phenoxy) is 2. The molecule has 1 aromatic rings. The molecule has 4 nitrogen and oxygen atoms in total. The minimum Gasteiger partial charge on any atom is -0.379 e. The summed E-state index contributed by atoms with van der Waals surface area (Å²) in [6.07, 6.45) is 0. The summed E-state index contributed by atoms with van der Waals surface area (Å²) in [5.41, 5.74) is 0. The molecule has 2 fully saturated rings. The van der Waals surface area contributed by atoms with E-state index in [0.29, 0.717) is 0 Å². The Morgan fingerprint density at radius 3 is 1.65 bits per heavy atom. The highest BCUT2D eigenvalue weighted by molar-refractivity contribution is 7.97. The minimum absolute atomic E-state index is 0.842. The van der Waals surface area contributed by atoms with Crippen LogP contribution in [-0.2, 0) is 9.47 Å². The lowest BCUT2D eigenvalue weighted by Crippen LogP contribution is -2.31. The van der Waals surface area contributed by atoms with Crippen LogP contribution in [0.1, 0.15) is 0 Å². The molecule has 0 unspecified atom stereocenters. The lowest BCUT2D eigenvalue weighted by Gasteiger charge is -2.26. The van der Waals surface area contributed by atoms with Crippen LogP contribution < -0.4 is 0 Å². The highest BCUT2D eigenvalue weighted by atomic mass is 32.2. The molecule has 0 atom stereocenters. The van der Waals surface area contributed by atoms with Gasteiger partial charge < -0.3 is 9.47 Å². The summed E-state index contributed by atoms with van der Waals surface area (Å²) < 4.78 is 15.5. The van der Waals surface area contributed by atoms with Gasteiger partial charge in [0.25, 0.3) is 0 Å². The maximum atomic E-state index is 5.38. The van der Waals surface area contributed by atoms with Gasteiger partial charge in [0.05, 0.1) is 26.4 Å². The van der Waals surface area contributed by atoms with Crippen LogP contribution in [0.25, 0.3) is 0 Å². The van der Waals surface area contributed by atoms with Crippen molar-refractivity contribution in [1.29, 1.82) is 0 Å². The maximum absolute atomic E-state index is 5.38. The number of hydrogen-bond acceptors (Lipinski definition) is 6. The van der Waals surface area contributed by atoms with Crippen molar-refractivity contribution in [3.63, 3.8) is 0 Å². The number of nitrogens with zero attached hydrogens (tertiary/aromatic N) is 2. The molecule has 6 heteroatoms. The predicted octanol–water partition coefficient (Wildman–Crippen LogP) is 2.37. The Labute approximate surface area is 129 Å². The van der Waals surface area contributed by atoms with Crippen LogP contribution in [0.15, 0.2) is 34.1 Å². The smallest absolute Gasteiger partial charge is 0.0603 e. The molecule has 20 heavy (non-hydrogen) atoms. The first-order valence-electron chi connectivity index (χ1n) is 7.01. The summed E-state index contributed by atoms with van der Waals surface area (Å²) >= 11 is 3.68. The van der Waals surface area contributed by atoms with Crippen molar-refractivity contribution in [2.75, 3.05) is 52.6 Å². The summed E-state index contributed by atoms with van der Waals surface area (Å²) in [6.45, 7) is 7.39. The van der Waals surface area contributed by atoms with Gasteiger partial charge in [0.2, 0.25) is 0 Å². The van der Waals surface area contributed by atoms with Crippen LogP contribution in [0, 0.1) is 0 Å². The van der Waals surface area contributed by atoms with E-state index in [0.717, 1.165) is 52.6 Å². The van der Waals surface area contributed by atoms with Gasteiger partial charge in [0.1, 0.15) is 0 Å². The molecule has 110 valence electrons. The highest BCUT2D eigenvalue weighted by Crippen LogP contribution is 2.29. The van der Waals surface area contributed by atoms with Gasteiger partial charge in [-0.1, -0.05) is 6.07 Å². The topological polar surface area (TPSA) is 24.9 Å². The fraction of sp³-hybridized carbons (Fsp3) is 0.571. The zero-order valence-electron chi connectivity index (χ0n) is 11.5. The van der Waals surface area contributed by atoms with E-state index in [1.54, 1.807) is 0 Å². The molecule has 2 aliphatic rings. The molecule has 0 radical (unpaired) electrons. The molecule has 0 aliphatic carbocycles. The third-order valence-corrected chi connectivity index (χ3v) is 5.39. The average molecular weight is 312 g/mol. The largest absolute Gasteiger partial charge is 0.379 e. The molecule has 2 aliphatic heterocycles. The van der Waals surface area contributed by atoms with Gasteiger partial charge in [-0.3, -0.25) is 0 Å². The minimum atomic E-state index is 0.842. The fourth-order valence-electron chi connectivity index (χ4n) is 2.16. The Hall–Kier alpha value is -0.240. The number of rotatable bonds is 4. The molecule has 2 saturated heterocycles. The van der Waals surface area contributed by atoms with Crippen LogP contribution in [0.4, 0.5) is 0 Å². The highest BCUT2D eigenvalue weighted by Gasteiger charge is 2.14. The van der Waals surface area contributed by atoms with E-state index < -0.39 is 0 Å². The number of benzene rings is 1. The van der Waals surface area contributed by atoms with Crippen molar-refractivity contribution in [3.8, 4) is 0 Å². The Bertz CT molecular complexity index is 386. The van der Waals surface area contributed by atoms with Crippen molar-refractivity contribution in [3.05, 3.63) is 24.3 Å². The second kappa shape index (κ2) is 7.68. The average Bonchev–Trinajstić information content (AvgIpc) is 2.50. The van der Waals surface area contributed by atoms with Crippen molar-refractivity contribution < 1.29 is 9.47 Å². The third kappa shape index (κ3) is 4.38. The molecule has 1 aromatic carbocycles. The van der Waals surface area contributed by atoms with Crippen molar-refractivity contribution >= 4 is 23.9 Å². The van der Waals surface area contributed by atoms with E-state index in [-0.39, 0.29) is 0 Å². The molecule has 0 amide bonds. The summed E-state index contributed by atoms with van der Waals surface area (Å²) in [4.78, 5) is 2.62. The van der Waals surface area contributed by atoms with Gasteiger partial charge in [-0.2, -0.15) is 0 Å². The van der Waals surface area contributed by atoms with Gasteiger partial charge in [-0.05, 0) is 42.1 Å². The van der Waals surface area contributed by atoms with Crippen LogP contribution >= 0.6 is 23.9 Å². The normalized spacial score (nSPS) is 22.0. The van der Waals surface area contributed by atoms with E-state index in [9.17, 15) is 0 Å². The van der Waals surface area contributed by atoms with E-state index in [4.69, 9.17) is 9.47 Å². The summed E-state index contributed by atoms with van der Waals surface area (Å²) in [5, 5.41) is 0. The molecule has 0 saturated carbocycles. The fourth-order valence-corrected chi connectivity index (χ4v) is 4.13. The van der Waals surface area contributed by atoms with Gasteiger partial charge >= 0.3 is 0 Å². The Balaban J connectivity index is 1.57. The van der Waals surface area contributed by atoms with Crippen LogP contribution in [0.3, 0.4) is 0 Å². The van der Waals surface area contributed by atoms with Crippen molar-refractivity contribution in [2.45, 2.75) is 9.79 Å². The van der Waals surface area contributed by atoms with Crippen molar-refractivity contribution in [2.24, 2.45) is 0 Å². The third-order valence-electron chi connectivity index (χ3n) is 3.21. The van der Waals surface area contributed by atoms with Crippen LogP contribution in [0.5, 0.6) is 0 Å². The first kappa shape index (κ1) is 14.7. The van der Waals surface area contributed by atoms with E-state index in [1.165, 1.54) is 9.79 Å². The second-order valence-corrected chi connectivity index (χ2v) is 7.08. The first-order chi connectivity index (χ1) is 9.90. The van der Waals surface area contributed by atoms with Crippen LogP contribution in [0.2, 0.25) is 0 Å². The quantitative estimate of drug-likeness (QED) is 0.792.